The molecule has 5 nitrogen and oxygen atoms in total. The molecule has 2 N–H and O–H groups in total. The molecule has 0 bridgehead atoms. The van der Waals surface area contributed by atoms with E-state index in [0.717, 1.165) is 0 Å². The normalized spacial score (nSPS) is 25.3. The molecule has 15 heavy (non-hydrogen) atoms. The molecule has 2 rings (SSSR count). The maximum absolute atomic E-state index is 10.6. The Balaban J connectivity index is 2.11. The lowest BCUT2D eigenvalue weighted by atomic mass is 10.2. The average molecular weight is 210 g/mol. The highest BCUT2D eigenvalue weighted by molar-refractivity contribution is 5.72. The van der Waals surface area contributed by atoms with E-state index in [1.807, 2.05) is 0 Å². The van der Waals surface area contributed by atoms with Crippen LogP contribution in [0.1, 0.15) is 11.9 Å². The van der Waals surface area contributed by atoms with Crippen LogP contribution in [0.5, 0.6) is 5.75 Å². The summed E-state index contributed by atoms with van der Waals surface area (Å²) in [5, 5.41) is 17.9. The third kappa shape index (κ3) is 2.08. The summed E-state index contributed by atoms with van der Waals surface area (Å²) in [6.45, 7) is 0.0235. The van der Waals surface area contributed by atoms with Crippen molar-refractivity contribution in [3.63, 3.8) is 0 Å². The van der Waals surface area contributed by atoms with E-state index >= 15 is 0 Å². The Bertz CT molecular complexity index is 376. The van der Waals surface area contributed by atoms with Gasteiger partial charge in [-0.25, -0.2) is 4.79 Å². The number of aromatic hydroxyl groups is 1. The van der Waals surface area contributed by atoms with Crippen LogP contribution in [0, 0.1) is 0 Å². The Hall–Kier alpha value is -1.59. The Morgan fingerprint density at radius 2 is 2.27 bits per heavy atom. The number of carboxylic acid groups (broad SMARTS) is 1. The van der Waals surface area contributed by atoms with E-state index in [4.69, 9.17) is 14.6 Å². The molecular weight excluding hydrogens is 200 g/mol. The molecule has 5 heteroatoms. The standard InChI is InChI=1S/C10H10O5/c11-7-3-1-2-6(4-7)10-14-5-8(15-10)9(12)13/h1-4,8,10-11H,5H2,(H,12,13). The third-order valence-electron chi connectivity index (χ3n) is 2.10. The molecule has 2 unspecified atom stereocenters. The summed E-state index contributed by atoms with van der Waals surface area (Å²) in [6, 6.07) is 6.35. The maximum atomic E-state index is 10.6. The van der Waals surface area contributed by atoms with E-state index in [0.29, 0.717) is 5.56 Å². The molecular formula is C10H10O5. The first-order valence-electron chi connectivity index (χ1n) is 4.45. The Labute approximate surface area is 85.9 Å². The summed E-state index contributed by atoms with van der Waals surface area (Å²) >= 11 is 0. The minimum atomic E-state index is -1.04. The maximum Gasteiger partial charge on any atom is 0.335 e. The molecule has 0 amide bonds. The molecule has 1 aromatic carbocycles. The third-order valence-corrected chi connectivity index (χ3v) is 2.10. The van der Waals surface area contributed by atoms with Gasteiger partial charge in [-0.2, -0.15) is 0 Å². The molecule has 0 aliphatic carbocycles. The number of phenols is 1. The summed E-state index contributed by atoms with van der Waals surface area (Å²) < 4.78 is 10.3. The van der Waals surface area contributed by atoms with Crippen molar-refractivity contribution in [2.24, 2.45) is 0 Å². The molecule has 2 atom stereocenters. The van der Waals surface area contributed by atoms with Gasteiger partial charge in [-0.05, 0) is 12.1 Å². The lowest BCUT2D eigenvalue weighted by molar-refractivity contribution is -0.150. The topological polar surface area (TPSA) is 76.0 Å². The molecule has 1 aromatic rings. The molecule has 0 aromatic heterocycles. The number of phenolic OH excluding ortho intramolecular Hbond substituents is 1. The van der Waals surface area contributed by atoms with Gasteiger partial charge in [0.25, 0.3) is 0 Å². The SMILES string of the molecule is O=C(O)C1COC(c2cccc(O)c2)O1. The van der Waals surface area contributed by atoms with Crippen molar-refractivity contribution in [1.82, 2.24) is 0 Å². The zero-order valence-electron chi connectivity index (χ0n) is 7.79. The smallest absolute Gasteiger partial charge is 0.335 e. The van der Waals surface area contributed by atoms with Crippen LogP contribution in [0.25, 0.3) is 0 Å². The molecule has 0 saturated carbocycles. The second-order valence-electron chi connectivity index (χ2n) is 3.22. The van der Waals surface area contributed by atoms with Gasteiger partial charge in [0.15, 0.2) is 12.4 Å². The Morgan fingerprint density at radius 3 is 2.87 bits per heavy atom. The van der Waals surface area contributed by atoms with Gasteiger partial charge >= 0.3 is 5.97 Å². The zero-order valence-corrected chi connectivity index (χ0v) is 7.79. The number of hydrogen-bond acceptors (Lipinski definition) is 4. The first-order chi connectivity index (χ1) is 7.16. The fraction of sp³-hybridized carbons (Fsp3) is 0.300. The highest BCUT2D eigenvalue weighted by Crippen LogP contribution is 2.28. The molecule has 1 fully saturated rings. The van der Waals surface area contributed by atoms with Crippen LogP contribution in [-0.2, 0) is 14.3 Å². The first-order valence-corrected chi connectivity index (χ1v) is 4.45. The minimum absolute atomic E-state index is 0.0235. The minimum Gasteiger partial charge on any atom is -0.508 e. The van der Waals surface area contributed by atoms with E-state index in [1.165, 1.54) is 12.1 Å². The second-order valence-corrected chi connectivity index (χ2v) is 3.22. The lowest BCUT2D eigenvalue weighted by Crippen LogP contribution is -2.21. The molecule has 1 aliphatic rings. The Morgan fingerprint density at radius 1 is 1.47 bits per heavy atom. The van der Waals surface area contributed by atoms with Crippen LogP contribution < -0.4 is 0 Å². The first kappa shape index (κ1) is 9.95. The number of benzene rings is 1. The number of aliphatic carboxylic acids is 1. The molecule has 0 radical (unpaired) electrons. The summed E-state index contributed by atoms with van der Waals surface area (Å²) in [7, 11) is 0. The van der Waals surface area contributed by atoms with Crippen LogP contribution >= 0.6 is 0 Å². The van der Waals surface area contributed by atoms with Gasteiger partial charge < -0.3 is 19.7 Å². The molecule has 1 saturated heterocycles. The molecule has 1 aliphatic heterocycles. The monoisotopic (exact) mass is 210 g/mol. The average Bonchev–Trinajstić information content (AvgIpc) is 2.66. The van der Waals surface area contributed by atoms with E-state index in [-0.39, 0.29) is 12.4 Å². The number of hydrogen-bond donors (Lipinski definition) is 2. The van der Waals surface area contributed by atoms with Crippen molar-refractivity contribution < 1.29 is 24.5 Å². The van der Waals surface area contributed by atoms with Crippen LogP contribution in [0.2, 0.25) is 0 Å². The number of carboxylic acids is 1. The summed E-state index contributed by atoms with van der Waals surface area (Å²) in [6.07, 6.45) is -1.64. The number of rotatable bonds is 2. The Kier molecular flexibility index (Phi) is 2.57. The predicted molar refractivity (Wildman–Crippen MR) is 49.3 cm³/mol. The summed E-state index contributed by atoms with van der Waals surface area (Å²) in [4.78, 5) is 10.6. The van der Waals surface area contributed by atoms with Gasteiger partial charge in [0, 0.05) is 5.56 Å². The van der Waals surface area contributed by atoms with E-state index in [9.17, 15) is 9.90 Å². The second kappa shape index (κ2) is 3.88. The van der Waals surface area contributed by atoms with Crippen molar-refractivity contribution in [3.05, 3.63) is 29.8 Å². The largest absolute Gasteiger partial charge is 0.508 e. The van der Waals surface area contributed by atoms with Crippen LogP contribution in [-0.4, -0.2) is 28.9 Å². The molecule has 0 spiro atoms. The summed E-state index contributed by atoms with van der Waals surface area (Å²) in [5.41, 5.74) is 0.610. The predicted octanol–water partition coefficient (Wildman–Crippen LogP) is 0.891. The quantitative estimate of drug-likeness (QED) is 0.758. The van der Waals surface area contributed by atoms with Crippen LogP contribution in [0.15, 0.2) is 24.3 Å². The van der Waals surface area contributed by atoms with E-state index < -0.39 is 18.4 Å². The number of carbonyl (C=O) groups is 1. The van der Waals surface area contributed by atoms with Crippen molar-refractivity contribution >= 4 is 5.97 Å². The fourth-order valence-electron chi connectivity index (χ4n) is 1.38. The van der Waals surface area contributed by atoms with Crippen molar-refractivity contribution in [2.45, 2.75) is 12.4 Å². The van der Waals surface area contributed by atoms with Crippen LogP contribution in [0.3, 0.4) is 0 Å². The van der Waals surface area contributed by atoms with Gasteiger partial charge in [0.1, 0.15) is 5.75 Å². The van der Waals surface area contributed by atoms with Crippen molar-refractivity contribution in [1.29, 1.82) is 0 Å². The number of ether oxygens (including phenoxy) is 2. The highest BCUT2D eigenvalue weighted by atomic mass is 16.7. The fourth-order valence-corrected chi connectivity index (χ4v) is 1.38. The van der Waals surface area contributed by atoms with Gasteiger partial charge in [0.2, 0.25) is 0 Å². The van der Waals surface area contributed by atoms with E-state index in [1.54, 1.807) is 12.1 Å². The van der Waals surface area contributed by atoms with Crippen molar-refractivity contribution in [3.8, 4) is 5.75 Å². The van der Waals surface area contributed by atoms with E-state index in [2.05, 4.69) is 0 Å². The van der Waals surface area contributed by atoms with Gasteiger partial charge in [-0.1, -0.05) is 12.1 Å². The zero-order chi connectivity index (χ0) is 10.8. The van der Waals surface area contributed by atoms with Crippen LogP contribution in [0.4, 0.5) is 0 Å². The van der Waals surface area contributed by atoms with Crippen molar-refractivity contribution in [2.75, 3.05) is 6.61 Å². The lowest BCUT2D eigenvalue weighted by Gasteiger charge is -2.09. The van der Waals surface area contributed by atoms with Gasteiger partial charge in [0.05, 0.1) is 6.61 Å². The van der Waals surface area contributed by atoms with Gasteiger partial charge in [-0.15, -0.1) is 0 Å². The molecule has 1 heterocycles. The summed E-state index contributed by atoms with van der Waals surface area (Å²) in [5.74, 6) is -0.948. The highest BCUT2D eigenvalue weighted by Gasteiger charge is 2.32. The molecule has 80 valence electrons. The van der Waals surface area contributed by atoms with Gasteiger partial charge in [-0.3, -0.25) is 0 Å².